The van der Waals surface area contributed by atoms with E-state index in [1.165, 1.54) is 6.07 Å². The number of aromatic amines is 1. The van der Waals surface area contributed by atoms with E-state index in [0.717, 1.165) is 12.0 Å². The first-order valence-corrected chi connectivity index (χ1v) is 7.51. The summed E-state index contributed by atoms with van der Waals surface area (Å²) >= 11 is 3.24. The third-order valence-corrected chi connectivity index (χ3v) is 3.49. The number of pyridine rings is 2. The van der Waals surface area contributed by atoms with Crippen molar-refractivity contribution in [1.29, 1.82) is 0 Å². The minimum absolute atomic E-state index is 0.132. The Balaban J connectivity index is 2.27. The zero-order valence-electron chi connectivity index (χ0n) is 12.0. The molecule has 0 fully saturated rings. The van der Waals surface area contributed by atoms with Gasteiger partial charge < -0.3 is 14.3 Å². The van der Waals surface area contributed by atoms with E-state index in [0.29, 0.717) is 29.1 Å². The lowest BCUT2D eigenvalue weighted by Gasteiger charge is -2.09. The van der Waals surface area contributed by atoms with E-state index in [1.807, 2.05) is 13.8 Å². The van der Waals surface area contributed by atoms with Crippen LogP contribution in [0, 0.1) is 6.92 Å². The average molecular weight is 353 g/mol. The molecule has 1 N–H and O–H groups in total. The second-order valence-corrected chi connectivity index (χ2v) is 5.69. The zero-order chi connectivity index (χ0) is 15.4. The molecule has 112 valence electrons. The molecule has 0 atom stereocenters. The molecule has 0 aliphatic rings. The predicted molar refractivity (Wildman–Crippen MR) is 85.1 cm³/mol. The summed E-state index contributed by atoms with van der Waals surface area (Å²) in [4.78, 5) is 26.9. The maximum absolute atomic E-state index is 12.0. The van der Waals surface area contributed by atoms with Crippen LogP contribution in [0.2, 0.25) is 0 Å². The fourth-order valence-corrected chi connectivity index (χ4v) is 2.55. The highest BCUT2D eigenvalue weighted by atomic mass is 79.9. The van der Waals surface area contributed by atoms with Crippen molar-refractivity contribution >= 4 is 15.9 Å². The van der Waals surface area contributed by atoms with E-state index < -0.39 is 0 Å². The van der Waals surface area contributed by atoms with Gasteiger partial charge >= 0.3 is 0 Å². The number of ether oxygens (including phenoxy) is 1. The van der Waals surface area contributed by atoms with E-state index in [9.17, 15) is 9.59 Å². The second kappa shape index (κ2) is 6.76. The number of halogens is 1. The molecule has 6 heteroatoms. The number of aryl methyl sites for hydroxylation is 1. The molecule has 5 nitrogen and oxygen atoms in total. The molecule has 2 aromatic rings. The van der Waals surface area contributed by atoms with Crippen LogP contribution < -0.4 is 15.7 Å². The molecule has 0 aromatic carbocycles. The zero-order valence-corrected chi connectivity index (χ0v) is 13.6. The lowest BCUT2D eigenvalue weighted by atomic mass is 10.3. The highest BCUT2D eigenvalue weighted by Gasteiger charge is 2.06. The van der Waals surface area contributed by atoms with Gasteiger partial charge in [0.1, 0.15) is 0 Å². The normalized spacial score (nSPS) is 10.6. The number of hydrogen-bond donors (Lipinski definition) is 1. The van der Waals surface area contributed by atoms with Gasteiger partial charge in [-0.1, -0.05) is 6.92 Å². The largest absolute Gasteiger partial charge is 0.488 e. The predicted octanol–water partition coefficient (Wildman–Crippen LogP) is 2.44. The third kappa shape index (κ3) is 3.85. The number of hydrogen-bond acceptors (Lipinski definition) is 3. The fraction of sp³-hybridized carbons (Fsp3) is 0.333. The minimum atomic E-state index is -0.183. The molecular formula is C15H17BrN2O3. The van der Waals surface area contributed by atoms with Gasteiger partial charge in [0.15, 0.2) is 5.75 Å². The van der Waals surface area contributed by atoms with Crippen LogP contribution in [-0.4, -0.2) is 16.2 Å². The summed E-state index contributed by atoms with van der Waals surface area (Å²) in [6.07, 6.45) is 4.14. The first kappa shape index (κ1) is 15.6. The lowest BCUT2D eigenvalue weighted by molar-refractivity contribution is 0.313. The monoisotopic (exact) mass is 352 g/mol. The van der Waals surface area contributed by atoms with Crippen molar-refractivity contribution in [2.45, 2.75) is 26.8 Å². The number of H-pyrrole nitrogens is 1. The van der Waals surface area contributed by atoms with Crippen LogP contribution in [0.25, 0.3) is 0 Å². The average Bonchev–Trinajstić information content (AvgIpc) is 2.43. The van der Waals surface area contributed by atoms with Crippen LogP contribution in [0.1, 0.15) is 24.6 Å². The Morgan fingerprint density at radius 1 is 1.33 bits per heavy atom. The number of nitrogens with one attached hydrogen (secondary N) is 1. The van der Waals surface area contributed by atoms with Gasteiger partial charge in [0.2, 0.25) is 5.43 Å². The summed E-state index contributed by atoms with van der Waals surface area (Å²) in [5.74, 6) is 0.304. The van der Waals surface area contributed by atoms with E-state index in [1.54, 1.807) is 23.0 Å². The Hall–Kier alpha value is -1.82. The van der Waals surface area contributed by atoms with Crippen molar-refractivity contribution < 1.29 is 4.74 Å². The molecule has 21 heavy (non-hydrogen) atoms. The Morgan fingerprint density at radius 3 is 2.76 bits per heavy atom. The number of rotatable bonds is 5. The van der Waals surface area contributed by atoms with E-state index in [2.05, 4.69) is 20.9 Å². The summed E-state index contributed by atoms with van der Waals surface area (Å²) in [6, 6.07) is 3.23. The standard InChI is InChI=1S/C15H17BrN2O3/c1-3-4-21-14-7-17-11(6-13(14)19)9-18-8-10(2)5-12(16)15(18)20/h5-8H,3-4,9H2,1-2H3,(H,17,19). The minimum Gasteiger partial charge on any atom is -0.488 e. The SMILES string of the molecule is CCCOc1c[nH]c(Cn2cc(C)cc(Br)c2=O)cc1=O. The van der Waals surface area contributed by atoms with Gasteiger partial charge in [0, 0.05) is 24.2 Å². The molecule has 0 saturated carbocycles. The molecule has 0 saturated heterocycles. The van der Waals surface area contributed by atoms with Crippen molar-refractivity contribution in [2.75, 3.05) is 6.61 Å². The van der Waals surface area contributed by atoms with Crippen LogP contribution in [0.15, 0.2) is 38.6 Å². The van der Waals surface area contributed by atoms with Crippen molar-refractivity contribution in [3.8, 4) is 5.75 Å². The number of nitrogens with zero attached hydrogens (tertiary/aromatic N) is 1. The summed E-state index contributed by atoms with van der Waals surface area (Å²) in [6.45, 7) is 4.70. The molecule has 0 bridgehead atoms. The van der Waals surface area contributed by atoms with Crippen LogP contribution >= 0.6 is 15.9 Å². The maximum Gasteiger partial charge on any atom is 0.265 e. The summed E-state index contributed by atoms with van der Waals surface area (Å²) in [5.41, 5.74) is 1.31. The van der Waals surface area contributed by atoms with Gasteiger partial charge in [-0.05, 0) is 40.9 Å². The molecular weight excluding hydrogens is 336 g/mol. The van der Waals surface area contributed by atoms with Crippen LogP contribution in [0.3, 0.4) is 0 Å². The van der Waals surface area contributed by atoms with Crippen LogP contribution in [0.5, 0.6) is 5.75 Å². The van der Waals surface area contributed by atoms with E-state index in [-0.39, 0.29) is 11.0 Å². The Morgan fingerprint density at radius 2 is 2.10 bits per heavy atom. The Kier molecular flexibility index (Phi) is 5.01. The fourth-order valence-electron chi connectivity index (χ4n) is 1.96. The van der Waals surface area contributed by atoms with Crippen molar-refractivity contribution in [2.24, 2.45) is 0 Å². The molecule has 2 heterocycles. The van der Waals surface area contributed by atoms with E-state index in [4.69, 9.17) is 4.74 Å². The highest BCUT2D eigenvalue weighted by molar-refractivity contribution is 9.10. The van der Waals surface area contributed by atoms with Gasteiger partial charge in [0.25, 0.3) is 5.56 Å². The van der Waals surface area contributed by atoms with Crippen molar-refractivity contribution in [3.05, 3.63) is 60.8 Å². The van der Waals surface area contributed by atoms with Gasteiger partial charge in [-0.25, -0.2) is 0 Å². The molecule has 0 spiro atoms. The molecule has 0 aliphatic carbocycles. The molecule has 2 aromatic heterocycles. The van der Waals surface area contributed by atoms with Gasteiger partial charge in [0.05, 0.1) is 17.6 Å². The molecule has 0 aliphatic heterocycles. The summed E-state index contributed by atoms with van der Waals surface area (Å²) in [5, 5.41) is 0. The lowest BCUT2D eigenvalue weighted by Crippen LogP contribution is -2.22. The molecule has 0 amide bonds. The van der Waals surface area contributed by atoms with Crippen molar-refractivity contribution in [3.63, 3.8) is 0 Å². The van der Waals surface area contributed by atoms with Gasteiger partial charge in [-0.2, -0.15) is 0 Å². The maximum atomic E-state index is 12.0. The first-order chi connectivity index (χ1) is 10.0. The Labute approximate surface area is 130 Å². The summed E-state index contributed by atoms with van der Waals surface area (Å²) in [7, 11) is 0. The summed E-state index contributed by atoms with van der Waals surface area (Å²) < 4.78 is 7.39. The molecule has 2 rings (SSSR count). The van der Waals surface area contributed by atoms with Crippen LogP contribution in [-0.2, 0) is 6.54 Å². The number of aromatic nitrogens is 2. The third-order valence-electron chi connectivity index (χ3n) is 2.92. The smallest absolute Gasteiger partial charge is 0.265 e. The second-order valence-electron chi connectivity index (χ2n) is 4.83. The first-order valence-electron chi connectivity index (χ1n) is 6.72. The Bertz CT molecular complexity index is 749. The van der Waals surface area contributed by atoms with Crippen LogP contribution in [0.4, 0.5) is 0 Å². The topological polar surface area (TPSA) is 64.1 Å². The van der Waals surface area contributed by atoms with Gasteiger partial charge in [-0.3, -0.25) is 9.59 Å². The van der Waals surface area contributed by atoms with E-state index >= 15 is 0 Å². The highest BCUT2D eigenvalue weighted by Crippen LogP contribution is 2.08. The molecule has 0 radical (unpaired) electrons. The quantitative estimate of drug-likeness (QED) is 0.898. The van der Waals surface area contributed by atoms with Gasteiger partial charge in [-0.15, -0.1) is 0 Å². The van der Waals surface area contributed by atoms with Crippen molar-refractivity contribution in [1.82, 2.24) is 9.55 Å². The molecule has 0 unspecified atom stereocenters.